The molecule has 2 aromatic rings. The highest BCUT2D eigenvalue weighted by atomic mass is 32.2. The Bertz CT molecular complexity index is 964. The van der Waals surface area contributed by atoms with Crippen LogP contribution < -0.4 is 14.4 Å². The molecule has 30 heavy (non-hydrogen) atoms. The van der Waals surface area contributed by atoms with Crippen LogP contribution in [0.15, 0.2) is 47.4 Å². The van der Waals surface area contributed by atoms with Crippen LogP contribution in [-0.4, -0.2) is 57.8 Å². The maximum absolute atomic E-state index is 11.8. The van der Waals surface area contributed by atoms with Crippen molar-refractivity contribution in [2.24, 2.45) is 0 Å². The number of hydrogen-bond donors (Lipinski definition) is 1. The van der Waals surface area contributed by atoms with Gasteiger partial charge in [0.2, 0.25) is 0 Å². The number of hydrogen-bond acceptors (Lipinski definition) is 6. The van der Waals surface area contributed by atoms with Crippen LogP contribution in [0.3, 0.4) is 0 Å². The minimum absolute atomic E-state index is 0.0337. The Morgan fingerprint density at radius 2 is 1.80 bits per heavy atom. The van der Waals surface area contributed by atoms with Crippen molar-refractivity contribution in [1.82, 2.24) is 4.90 Å². The Hall–Kier alpha value is -2.29. The standard InChI is InChI=1S/C22H30N2O5S/c1-4-7-18-16-24(19-8-5-6-9-22(19)30(25,26)27)13-12-23(18)15-17-10-11-20(28-2)21(14-17)29-3/h5-6,8-11,14,18H,4,7,12-13,15-16H2,1-3H3,(H,25,26,27). The van der Waals surface area contributed by atoms with Crippen molar-refractivity contribution < 1.29 is 22.4 Å². The van der Waals surface area contributed by atoms with Gasteiger partial charge in [0.25, 0.3) is 10.1 Å². The van der Waals surface area contributed by atoms with E-state index in [0.29, 0.717) is 30.3 Å². The first-order valence-corrected chi connectivity index (χ1v) is 11.6. The van der Waals surface area contributed by atoms with E-state index in [1.807, 2.05) is 18.2 Å². The van der Waals surface area contributed by atoms with Gasteiger partial charge in [0.1, 0.15) is 4.90 Å². The molecule has 3 rings (SSSR count). The van der Waals surface area contributed by atoms with Crippen LogP contribution in [0.4, 0.5) is 5.69 Å². The lowest BCUT2D eigenvalue weighted by Gasteiger charge is -2.43. The molecule has 8 heteroatoms. The fraction of sp³-hybridized carbons (Fsp3) is 0.455. The average Bonchev–Trinajstić information content (AvgIpc) is 2.74. The molecule has 0 aliphatic carbocycles. The third-order valence-corrected chi connectivity index (χ3v) is 6.45. The zero-order chi connectivity index (χ0) is 21.7. The normalized spacial score (nSPS) is 17.7. The molecule has 1 N–H and O–H groups in total. The average molecular weight is 435 g/mol. The van der Waals surface area contributed by atoms with Crippen LogP contribution in [0.1, 0.15) is 25.3 Å². The molecule has 1 fully saturated rings. The number of benzene rings is 2. The molecule has 1 atom stereocenters. The molecule has 0 bridgehead atoms. The van der Waals surface area contributed by atoms with Crippen LogP contribution in [0.25, 0.3) is 0 Å². The first kappa shape index (κ1) is 22.4. The molecule has 1 unspecified atom stereocenters. The number of rotatable bonds is 8. The summed E-state index contributed by atoms with van der Waals surface area (Å²) in [5, 5.41) is 0. The van der Waals surface area contributed by atoms with E-state index >= 15 is 0 Å². The van der Waals surface area contributed by atoms with Gasteiger partial charge in [-0.15, -0.1) is 0 Å². The fourth-order valence-electron chi connectivity index (χ4n) is 4.08. The van der Waals surface area contributed by atoms with Crippen molar-refractivity contribution in [2.75, 3.05) is 38.8 Å². The maximum Gasteiger partial charge on any atom is 0.296 e. The van der Waals surface area contributed by atoms with Crippen LogP contribution in [0.2, 0.25) is 0 Å². The topological polar surface area (TPSA) is 79.3 Å². The number of nitrogens with zero attached hydrogens (tertiary/aromatic N) is 2. The van der Waals surface area contributed by atoms with Crippen molar-refractivity contribution in [3.63, 3.8) is 0 Å². The lowest BCUT2D eigenvalue weighted by atomic mass is 10.0. The molecule has 0 radical (unpaired) electrons. The number of anilines is 1. The van der Waals surface area contributed by atoms with Gasteiger partial charge in [-0.1, -0.05) is 31.5 Å². The van der Waals surface area contributed by atoms with Gasteiger partial charge in [0, 0.05) is 32.2 Å². The van der Waals surface area contributed by atoms with Crippen LogP contribution in [-0.2, 0) is 16.7 Å². The zero-order valence-corrected chi connectivity index (χ0v) is 18.6. The van der Waals surface area contributed by atoms with Gasteiger partial charge >= 0.3 is 0 Å². The van der Waals surface area contributed by atoms with Crippen molar-refractivity contribution in [2.45, 2.75) is 37.2 Å². The Labute approximate surface area is 179 Å². The molecule has 1 aliphatic rings. The van der Waals surface area contributed by atoms with Crippen molar-refractivity contribution in [3.05, 3.63) is 48.0 Å². The largest absolute Gasteiger partial charge is 0.493 e. The molecule has 7 nitrogen and oxygen atoms in total. The minimum atomic E-state index is -4.27. The smallest absolute Gasteiger partial charge is 0.296 e. The second-order valence-corrected chi connectivity index (χ2v) is 8.88. The summed E-state index contributed by atoms with van der Waals surface area (Å²) in [5.41, 5.74) is 1.70. The van der Waals surface area contributed by atoms with Crippen molar-refractivity contribution >= 4 is 15.8 Å². The first-order valence-electron chi connectivity index (χ1n) is 10.1. The maximum atomic E-state index is 11.8. The Kier molecular flexibility index (Phi) is 7.23. The lowest BCUT2D eigenvalue weighted by molar-refractivity contribution is 0.158. The van der Waals surface area contributed by atoms with Crippen LogP contribution in [0, 0.1) is 0 Å². The summed E-state index contributed by atoms with van der Waals surface area (Å²) in [4.78, 5) is 4.46. The second-order valence-electron chi connectivity index (χ2n) is 7.49. The van der Waals surface area contributed by atoms with E-state index in [1.54, 1.807) is 32.4 Å². The Balaban J connectivity index is 1.80. The number of piperazine rings is 1. The first-order chi connectivity index (χ1) is 14.4. The van der Waals surface area contributed by atoms with E-state index < -0.39 is 10.1 Å². The highest BCUT2D eigenvalue weighted by Crippen LogP contribution is 2.31. The highest BCUT2D eigenvalue weighted by molar-refractivity contribution is 7.86. The monoisotopic (exact) mass is 434 g/mol. The van der Waals surface area contributed by atoms with Gasteiger partial charge in [-0.2, -0.15) is 8.42 Å². The molecule has 2 aromatic carbocycles. The van der Waals surface area contributed by atoms with Gasteiger partial charge in [-0.25, -0.2) is 0 Å². The van der Waals surface area contributed by atoms with Crippen LogP contribution >= 0.6 is 0 Å². The van der Waals surface area contributed by atoms with Crippen molar-refractivity contribution in [1.29, 1.82) is 0 Å². The summed E-state index contributed by atoms with van der Waals surface area (Å²) < 4.78 is 44.0. The molecule has 164 valence electrons. The van der Waals surface area contributed by atoms with E-state index in [4.69, 9.17) is 9.47 Å². The summed E-state index contributed by atoms with van der Waals surface area (Å²) >= 11 is 0. The number of methoxy groups -OCH3 is 2. The highest BCUT2D eigenvalue weighted by Gasteiger charge is 2.29. The molecule has 1 aliphatic heterocycles. The van der Waals surface area contributed by atoms with Gasteiger partial charge < -0.3 is 14.4 Å². The van der Waals surface area contributed by atoms with Gasteiger partial charge in [-0.3, -0.25) is 9.45 Å². The summed E-state index contributed by atoms with van der Waals surface area (Å²) in [5.74, 6) is 1.42. The van der Waals surface area contributed by atoms with Gasteiger partial charge in [-0.05, 0) is 36.2 Å². The molecule has 1 heterocycles. The van der Waals surface area contributed by atoms with Crippen LogP contribution in [0.5, 0.6) is 11.5 Å². The SMILES string of the molecule is CCCC1CN(c2ccccc2S(=O)(=O)O)CCN1Cc1ccc(OC)c(OC)c1. The summed E-state index contributed by atoms with van der Waals surface area (Å²) in [6.45, 7) is 5.10. The number of ether oxygens (including phenoxy) is 2. The molecule has 0 amide bonds. The predicted molar refractivity (Wildman–Crippen MR) is 117 cm³/mol. The van der Waals surface area contributed by atoms with E-state index in [-0.39, 0.29) is 10.9 Å². The Morgan fingerprint density at radius 3 is 2.47 bits per heavy atom. The molecule has 0 saturated carbocycles. The fourth-order valence-corrected chi connectivity index (χ4v) is 4.79. The molecular weight excluding hydrogens is 404 g/mol. The summed E-state index contributed by atoms with van der Waals surface area (Å²) in [6.07, 6.45) is 2.03. The molecule has 0 aromatic heterocycles. The summed E-state index contributed by atoms with van der Waals surface area (Å²) in [6, 6.07) is 12.9. The molecule has 0 spiro atoms. The predicted octanol–water partition coefficient (Wildman–Crippen LogP) is 3.44. The third-order valence-electron chi connectivity index (χ3n) is 5.54. The molecular formula is C22H30N2O5S. The van der Waals surface area contributed by atoms with E-state index in [9.17, 15) is 13.0 Å². The van der Waals surface area contributed by atoms with Gasteiger partial charge in [0.05, 0.1) is 19.9 Å². The Morgan fingerprint density at radius 1 is 1.07 bits per heavy atom. The minimum Gasteiger partial charge on any atom is -0.493 e. The van der Waals surface area contributed by atoms with E-state index in [2.05, 4.69) is 16.7 Å². The third kappa shape index (κ3) is 5.06. The molecule has 1 saturated heterocycles. The lowest BCUT2D eigenvalue weighted by Crippen LogP contribution is -2.53. The van der Waals surface area contributed by atoms with E-state index in [0.717, 1.165) is 31.5 Å². The van der Waals surface area contributed by atoms with Crippen molar-refractivity contribution in [3.8, 4) is 11.5 Å². The zero-order valence-electron chi connectivity index (χ0n) is 17.7. The summed E-state index contributed by atoms with van der Waals surface area (Å²) in [7, 11) is -1.01. The van der Waals surface area contributed by atoms with E-state index in [1.165, 1.54) is 6.07 Å². The van der Waals surface area contributed by atoms with Gasteiger partial charge in [0.15, 0.2) is 11.5 Å². The quantitative estimate of drug-likeness (QED) is 0.638. The second kappa shape index (κ2) is 9.68. The number of para-hydroxylation sites is 1.